The zero-order chi connectivity index (χ0) is 9.42. The summed E-state index contributed by atoms with van der Waals surface area (Å²) in [6.07, 6.45) is 0.939. The Labute approximate surface area is 73.8 Å². The number of H-pyrrole nitrogens is 1. The molecule has 0 unspecified atom stereocenters. The molecule has 0 saturated carbocycles. The third-order valence-electron chi connectivity index (χ3n) is 2.12. The molecule has 13 heavy (non-hydrogen) atoms. The topological polar surface area (TPSA) is 83.0 Å². The van der Waals surface area contributed by atoms with Crippen molar-refractivity contribution < 1.29 is 14.7 Å². The molecule has 0 bridgehead atoms. The second kappa shape index (κ2) is 2.69. The van der Waals surface area contributed by atoms with E-state index in [2.05, 4.69) is 10.2 Å². The Balaban J connectivity index is 2.38. The van der Waals surface area contributed by atoms with E-state index in [-0.39, 0.29) is 12.2 Å². The van der Waals surface area contributed by atoms with E-state index in [1.807, 2.05) is 0 Å². The van der Waals surface area contributed by atoms with E-state index in [9.17, 15) is 9.59 Å². The van der Waals surface area contributed by atoms with Gasteiger partial charge < -0.3 is 5.11 Å². The van der Waals surface area contributed by atoms with Gasteiger partial charge in [-0.2, -0.15) is 5.10 Å². The van der Waals surface area contributed by atoms with Crippen molar-refractivity contribution in [3.63, 3.8) is 0 Å². The molecular weight excluding hydrogens is 172 g/mol. The van der Waals surface area contributed by atoms with Gasteiger partial charge in [0, 0.05) is 12.1 Å². The molecular formula is C8H8N2O3. The minimum atomic E-state index is -0.964. The third kappa shape index (κ3) is 1.22. The van der Waals surface area contributed by atoms with E-state index >= 15 is 0 Å². The van der Waals surface area contributed by atoms with E-state index in [1.54, 1.807) is 0 Å². The normalized spacial score (nSPS) is 14.6. The number of hydrogen-bond donors (Lipinski definition) is 2. The van der Waals surface area contributed by atoms with E-state index in [4.69, 9.17) is 5.11 Å². The number of aryl methyl sites for hydroxylation is 1. The molecule has 0 fully saturated rings. The number of rotatable bonds is 2. The first-order chi connectivity index (χ1) is 6.18. The summed E-state index contributed by atoms with van der Waals surface area (Å²) in [5, 5.41) is 15.0. The number of carbonyl (C=O) groups excluding carboxylic acids is 1. The first-order valence-corrected chi connectivity index (χ1v) is 3.99. The molecule has 0 spiro atoms. The summed E-state index contributed by atoms with van der Waals surface area (Å²) in [7, 11) is 0. The molecule has 0 saturated heterocycles. The third-order valence-corrected chi connectivity index (χ3v) is 2.12. The molecule has 1 heterocycles. The maximum atomic E-state index is 11.3. The number of carbonyl (C=O) groups is 2. The van der Waals surface area contributed by atoms with Gasteiger partial charge in [-0.05, 0) is 6.42 Å². The second-order valence-electron chi connectivity index (χ2n) is 3.02. The number of aromatic nitrogens is 2. The number of carboxylic acid groups (broad SMARTS) is 1. The van der Waals surface area contributed by atoms with Crippen LogP contribution in [0.3, 0.4) is 0 Å². The number of nitrogens with zero attached hydrogens (tertiary/aromatic N) is 1. The van der Waals surface area contributed by atoms with Crippen LogP contribution in [0.5, 0.6) is 0 Å². The molecule has 1 aliphatic carbocycles. The standard InChI is InChI=1S/C8H8N2O3/c11-6-2-1-4-8(6)5(10-9-4)3-7(12)13/h1-3H2,(H,9,10)(H,12,13). The lowest BCUT2D eigenvalue weighted by atomic mass is 10.1. The fourth-order valence-electron chi connectivity index (χ4n) is 1.57. The molecule has 5 nitrogen and oxygen atoms in total. The second-order valence-corrected chi connectivity index (χ2v) is 3.02. The van der Waals surface area contributed by atoms with Gasteiger partial charge >= 0.3 is 5.97 Å². The molecule has 2 rings (SSSR count). The molecule has 0 aliphatic heterocycles. The van der Waals surface area contributed by atoms with Gasteiger partial charge in [-0.3, -0.25) is 14.7 Å². The fraction of sp³-hybridized carbons (Fsp3) is 0.375. The minimum Gasteiger partial charge on any atom is -0.481 e. The molecule has 1 aromatic rings. The zero-order valence-electron chi connectivity index (χ0n) is 6.83. The maximum Gasteiger partial charge on any atom is 0.309 e. The number of Topliss-reactive ketones (excluding diaryl/α,β-unsaturated/α-hetero) is 1. The average Bonchev–Trinajstić information content (AvgIpc) is 2.56. The molecule has 5 heteroatoms. The Kier molecular flexibility index (Phi) is 1.65. The quantitative estimate of drug-likeness (QED) is 0.679. The summed E-state index contributed by atoms with van der Waals surface area (Å²) < 4.78 is 0. The predicted octanol–water partition coefficient (Wildman–Crippen LogP) is 0.166. The Bertz CT molecular complexity index is 381. The van der Waals surface area contributed by atoms with Crippen LogP contribution in [0, 0.1) is 0 Å². The predicted molar refractivity (Wildman–Crippen MR) is 42.6 cm³/mol. The summed E-state index contributed by atoms with van der Waals surface area (Å²) in [6, 6.07) is 0. The number of aliphatic carboxylic acids is 1. The highest BCUT2D eigenvalue weighted by molar-refractivity contribution is 6.01. The van der Waals surface area contributed by atoms with E-state index < -0.39 is 5.97 Å². The van der Waals surface area contributed by atoms with Gasteiger partial charge in [0.05, 0.1) is 17.7 Å². The fourth-order valence-corrected chi connectivity index (χ4v) is 1.57. The van der Waals surface area contributed by atoms with Gasteiger partial charge in [-0.15, -0.1) is 0 Å². The van der Waals surface area contributed by atoms with E-state index in [0.29, 0.717) is 24.1 Å². The van der Waals surface area contributed by atoms with Crippen molar-refractivity contribution >= 4 is 11.8 Å². The van der Waals surface area contributed by atoms with Crippen molar-refractivity contribution in [1.82, 2.24) is 10.2 Å². The average molecular weight is 180 g/mol. The number of nitrogens with one attached hydrogen (secondary N) is 1. The summed E-state index contributed by atoms with van der Waals surface area (Å²) >= 11 is 0. The lowest BCUT2D eigenvalue weighted by molar-refractivity contribution is -0.136. The summed E-state index contributed by atoms with van der Waals surface area (Å²) in [4.78, 5) is 21.7. The van der Waals surface area contributed by atoms with Crippen molar-refractivity contribution in [2.45, 2.75) is 19.3 Å². The van der Waals surface area contributed by atoms with Crippen molar-refractivity contribution in [2.75, 3.05) is 0 Å². The van der Waals surface area contributed by atoms with Crippen LogP contribution >= 0.6 is 0 Å². The molecule has 0 aromatic carbocycles. The van der Waals surface area contributed by atoms with Gasteiger partial charge in [-0.1, -0.05) is 0 Å². The van der Waals surface area contributed by atoms with Gasteiger partial charge in [0.2, 0.25) is 0 Å². The maximum absolute atomic E-state index is 11.3. The molecule has 0 atom stereocenters. The number of aromatic amines is 1. The highest BCUT2D eigenvalue weighted by Gasteiger charge is 2.26. The van der Waals surface area contributed by atoms with Crippen LogP contribution < -0.4 is 0 Å². The number of hydrogen-bond acceptors (Lipinski definition) is 3. The molecule has 1 aromatic heterocycles. The van der Waals surface area contributed by atoms with Crippen LogP contribution in [-0.2, 0) is 17.6 Å². The van der Waals surface area contributed by atoms with Crippen LogP contribution in [-0.4, -0.2) is 27.1 Å². The largest absolute Gasteiger partial charge is 0.481 e. The van der Waals surface area contributed by atoms with Crippen LogP contribution in [0.2, 0.25) is 0 Å². The lowest BCUT2D eigenvalue weighted by Crippen LogP contribution is -2.05. The Hall–Kier alpha value is -1.65. The van der Waals surface area contributed by atoms with Crippen molar-refractivity contribution in [1.29, 1.82) is 0 Å². The smallest absolute Gasteiger partial charge is 0.309 e. The van der Waals surface area contributed by atoms with E-state index in [0.717, 1.165) is 5.69 Å². The SMILES string of the molecule is O=C(O)Cc1n[nH]c2c1C(=O)CC2. The van der Waals surface area contributed by atoms with Crippen LogP contribution in [0.15, 0.2) is 0 Å². The van der Waals surface area contributed by atoms with Crippen molar-refractivity contribution in [2.24, 2.45) is 0 Å². The van der Waals surface area contributed by atoms with Crippen LogP contribution in [0.25, 0.3) is 0 Å². The van der Waals surface area contributed by atoms with Gasteiger partial charge in [0.1, 0.15) is 0 Å². The summed E-state index contributed by atoms with van der Waals surface area (Å²) in [6.45, 7) is 0. The molecule has 68 valence electrons. The van der Waals surface area contributed by atoms with Crippen LogP contribution in [0.1, 0.15) is 28.2 Å². The first kappa shape index (κ1) is 7.97. The summed E-state index contributed by atoms with van der Waals surface area (Å²) in [5.74, 6) is -0.964. The van der Waals surface area contributed by atoms with Gasteiger partial charge in [-0.25, -0.2) is 0 Å². The highest BCUT2D eigenvalue weighted by Crippen LogP contribution is 2.22. The Morgan fingerprint density at radius 1 is 1.54 bits per heavy atom. The zero-order valence-corrected chi connectivity index (χ0v) is 6.83. The van der Waals surface area contributed by atoms with Crippen molar-refractivity contribution in [3.8, 4) is 0 Å². The Morgan fingerprint density at radius 3 is 3.00 bits per heavy atom. The van der Waals surface area contributed by atoms with Gasteiger partial charge in [0.15, 0.2) is 5.78 Å². The molecule has 0 amide bonds. The molecule has 1 aliphatic rings. The monoisotopic (exact) mass is 180 g/mol. The van der Waals surface area contributed by atoms with E-state index in [1.165, 1.54) is 0 Å². The molecule has 2 N–H and O–H groups in total. The molecule has 0 radical (unpaired) electrons. The first-order valence-electron chi connectivity index (χ1n) is 3.99. The number of carboxylic acids is 1. The minimum absolute atomic E-state index is 0.000000000000000444. The highest BCUT2D eigenvalue weighted by atomic mass is 16.4. The van der Waals surface area contributed by atoms with Crippen molar-refractivity contribution in [3.05, 3.63) is 17.0 Å². The summed E-state index contributed by atoms with van der Waals surface area (Å²) in [5.41, 5.74) is 1.65. The number of ketones is 1. The Morgan fingerprint density at radius 2 is 2.31 bits per heavy atom. The number of fused-ring (bicyclic) bond motifs is 1. The van der Waals surface area contributed by atoms with Gasteiger partial charge in [0.25, 0.3) is 0 Å². The lowest BCUT2D eigenvalue weighted by Gasteiger charge is -1.92. The van der Waals surface area contributed by atoms with Crippen LogP contribution in [0.4, 0.5) is 0 Å².